The van der Waals surface area contributed by atoms with Gasteiger partial charge in [-0.25, -0.2) is 0 Å². The van der Waals surface area contributed by atoms with Crippen LogP contribution in [0.3, 0.4) is 0 Å². The molecule has 1 heterocycles. The van der Waals surface area contributed by atoms with Crippen LogP contribution in [0.1, 0.15) is 12.8 Å². The normalized spacial score (nSPS) is 31.4. The lowest BCUT2D eigenvalue weighted by Gasteiger charge is -2.18. The predicted molar refractivity (Wildman–Crippen MR) is 38.1 cm³/mol. The van der Waals surface area contributed by atoms with Gasteiger partial charge in [-0.05, 0) is 0 Å². The van der Waals surface area contributed by atoms with Crippen molar-refractivity contribution in [2.45, 2.75) is 18.4 Å². The van der Waals surface area contributed by atoms with Crippen molar-refractivity contribution < 1.29 is 9.84 Å². The molecule has 1 N–H and O–H groups in total. The van der Waals surface area contributed by atoms with Gasteiger partial charge in [0.15, 0.2) is 5.60 Å². The third kappa shape index (κ3) is 1.01. The number of ether oxygens (including phenoxy) is 1. The SMILES string of the molecule is C#C[C@@]1(CO)CCC(=C)O1. The summed E-state index contributed by atoms with van der Waals surface area (Å²) < 4.78 is 5.17. The molecular weight excluding hydrogens is 128 g/mol. The molecule has 1 aliphatic rings. The molecule has 1 saturated heterocycles. The molecule has 1 aliphatic heterocycles. The van der Waals surface area contributed by atoms with E-state index in [4.69, 9.17) is 16.3 Å². The van der Waals surface area contributed by atoms with Gasteiger partial charge >= 0.3 is 0 Å². The van der Waals surface area contributed by atoms with Crippen molar-refractivity contribution in [1.29, 1.82) is 0 Å². The van der Waals surface area contributed by atoms with Crippen LogP contribution in [0, 0.1) is 12.3 Å². The van der Waals surface area contributed by atoms with Crippen LogP contribution in [0.4, 0.5) is 0 Å². The molecule has 0 saturated carbocycles. The molecule has 0 aromatic carbocycles. The Morgan fingerprint density at radius 2 is 2.60 bits per heavy atom. The second kappa shape index (κ2) is 2.36. The Kier molecular flexibility index (Phi) is 1.69. The maximum absolute atomic E-state index is 8.83. The first-order valence-electron chi connectivity index (χ1n) is 3.18. The van der Waals surface area contributed by atoms with Crippen LogP contribution in [0.15, 0.2) is 12.3 Å². The van der Waals surface area contributed by atoms with Gasteiger partial charge in [0, 0.05) is 12.8 Å². The van der Waals surface area contributed by atoms with Crippen LogP contribution in [-0.4, -0.2) is 17.3 Å². The Morgan fingerprint density at radius 1 is 1.90 bits per heavy atom. The van der Waals surface area contributed by atoms with E-state index in [0.29, 0.717) is 12.2 Å². The van der Waals surface area contributed by atoms with Gasteiger partial charge < -0.3 is 9.84 Å². The van der Waals surface area contributed by atoms with Crippen molar-refractivity contribution >= 4 is 0 Å². The summed E-state index contributed by atoms with van der Waals surface area (Å²) in [6, 6.07) is 0. The molecule has 0 bridgehead atoms. The first kappa shape index (κ1) is 7.17. The Hall–Kier alpha value is -0.940. The molecule has 0 spiro atoms. The second-order valence-electron chi connectivity index (χ2n) is 2.44. The van der Waals surface area contributed by atoms with Crippen LogP contribution in [0.2, 0.25) is 0 Å². The number of aliphatic hydroxyl groups is 1. The minimum atomic E-state index is -0.767. The molecular formula is C8H10O2. The van der Waals surface area contributed by atoms with E-state index in [9.17, 15) is 0 Å². The average molecular weight is 138 g/mol. The fraction of sp³-hybridized carbons (Fsp3) is 0.500. The molecule has 0 aliphatic carbocycles. The number of hydrogen-bond donors (Lipinski definition) is 1. The van der Waals surface area contributed by atoms with Crippen molar-refractivity contribution in [3.05, 3.63) is 12.3 Å². The Balaban J connectivity index is 2.71. The summed E-state index contributed by atoms with van der Waals surface area (Å²) in [7, 11) is 0. The van der Waals surface area contributed by atoms with E-state index in [2.05, 4.69) is 12.5 Å². The van der Waals surface area contributed by atoms with E-state index in [1.165, 1.54) is 0 Å². The minimum Gasteiger partial charge on any atom is -0.477 e. The van der Waals surface area contributed by atoms with E-state index >= 15 is 0 Å². The van der Waals surface area contributed by atoms with Gasteiger partial charge in [0.25, 0.3) is 0 Å². The summed E-state index contributed by atoms with van der Waals surface area (Å²) in [4.78, 5) is 0. The van der Waals surface area contributed by atoms with Gasteiger partial charge in [-0.3, -0.25) is 0 Å². The number of terminal acetylenes is 1. The Morgan fingerprint density at radius 3 is 2.80 bits per heavy atom. The average Bonchev–Trinajstić information content (AvgIpc) is 2.33. The monoisotopic (exact) mass is 138 g/mol. The lowest BCUT2D eigenvalue weighted by molar-refractivity contribution is 0.0364. The summed E-state index contributed by atoms with van der Waals surface area (Å²) in [5.74, 6) is 3.10. The molecule has 0 aromatic heterocycles. The summed E-state index contributed by atoms with van der Waals surface area (Å²) >= 11 is 0. The van der Waals surface area contributed by atoms with Crippen molar-refractivity contribution in [3.63, 3.8) is 0 Å². The molecule has 0 amide bonds. The van der Waals surface area contributed by atoms with Gasteiger partial charge in [-0.2, -0.15) is 0 Å². The van der Waals surface area contributed by atoms with Gasteiger partial charge in [0.1, 0.15) is 0 Å². The van der Waals surface area contributed by atoms with E-state index in [1.54, 1.807) is 0 Å². The van der Waals surface area contributed by atoms with Crippen molar-refractivity contribution in [2.75, 3.05) is 6.61 Å². The molecule has 1 atom stereocenters. The quantitative estimate of drug-likeness (QED) is 0.540. The summed E-state index contributed by atoms with van der Waals surface area (Å²) in [6.45, 7) is 3.49. The fourth-order valence-electron chi connectivity index (χ4n) is 0.978. The zero-order valence-electron chi connectivity index (χ0n) is 5.76. The smallest absolute Gasteiger partial charge is 0.191 e. The predicted octanol–water partition coefficient (Wildman–Crippen LogP) is 0.675. The molecule has 54 valence electrons. The Labute approximate surface area is 60.5 Å². The zero-order chi connectivity index (χ0) is 7.61. The highest BCUT2D eigenvalue weighted by Crippen LogP contribution is 2.30. The minimum absolute atomic E-state index is 0.123. The molecule has 1 rings (SSSR count). The van der Waals surface area contributed by atoms with Gasteiger partial charge in [0.2, 0.25) is 0 Å². The maximum Gasteiger partial charge on any atom is 0.191 e. The molecule has 2 heteroatoms. The number of hydrogen-bond acceptors (Lipinski definition) is 2. The van der Waals surface area contributed by atoms with Crippen molar-refractivity contribution in [2.24, 2.45) is 0 Å². The maximum atomic E-state index is 8.83. The number of rotatable bonds is 1. The first-order valence-corrected chi connectivity index (χ1v) is 3.18. The zero-order valence-corrected chi connectivity index (χ0v) is 5.76. The van der Waals surface area contributed by atoms with E-state index in [1.807, 2.05) is 0 Å². The lowest BCUT2D eigenvalue weighted by Crippen LogP contribution is -2.29. The third-order valence-electron chi connectivity index (χ3n) is 1.67. The van der Waals surface area contributed by atoms with Gasteiger partial charge in [-0.15, -0.1) is 6.42 Å². The Bertz CT molecular complexity index is 190. The molecule has 0 radical (unpaired) electrons. The third-order valence-corrected chi connectivity index (χ3v) is 1.67. The van der Waals surface area contributed by atoms with E-state index in [-0.39, 0.29) is 6.61 Å². The second-order valence-corrected chi connectivity index (χ2v) is 2.44. The lowest BCUT2D eigenvalue weighted by atomic mass is 10.0. The first-order chi connectivity index (χ1) is 4.72. The van der Waals surface area contributed by atoms with Crippen LogP contribution >= 0.6 is 0 Å². The summed E-state index contributed by atoms with van der Waals surface area (Å²) in [6.07, 6.45) is 6.60. The van der Waals surface area contributed by atoms with Crippen LogP contribution in [0.5, 0.6) is 0 Å². The molecule has 2 nitrogen and oxygen atoms in total. The topological polar surface area (TPSA) is 29.5 Å². The molecule has 0 aromatic rings. The van der Waals surface area contributed by atoms with Crippen LogP contribution in [-0.2, 0) is 4.74 Å². The standard InChI is InChI=1S/C8H10O2/c1-3-8(6-9)5-4-7(2)10-8/h1,9H,2,4-6H2/t8-/m0/s1. The molecule has 1 fully saturated rings. The van der Waals surface area contributed by atoms with Crippen molar-refractivity contribution in [1.82, 2.24) is 0 Å². The van der Waals surface area contributed by atoms with Crippen molar-refractivity contribution in [3.8, 4) is 12.3 Å². The fourth-order valence-corrected chi connectivity index (χ4v) is 0.978. The highest BCUT2D eigenvalue weighted by Gasteiger charge is 2.34. The van der Waals surface area contributed by atoms with Crippen LogP contribution in [0.25, 0.3) is 0 Å². The highest BCUT2D eigenvalue weighted by molar-refractivity contribution is 5.15. The highest BCUT2D eigenvalue weighted by atomic mass is 16.5. The molecule has 10 heavy (non-hydrogen) atoms. The van der Waals surface area contributed by atoms with E-state index < -0.39 is 5.60 Å². The van der Waals surface area contributed by atoms with Gasteiger partial charge in [0.05, 0.1) is 12.4 Å². The number of allylic oxidation sites excluding steroid dienone is 1. The van der Waals surface area contributed by atoms with E-state index in [0.717, 1.165) is 6.42 Å². The number of aliphatic hydroxyl groups excluding tert-OH is 1. The summed E-state index contributed by atoms with van der Waals surface area (Å²) in [5, 5.41) is 8.83. The largest absolute Gasteiger partial charge is 0.477 e. The molecule has 0 unspecified atom stereocenters. The van der Waals surface area contributed by atoms with Crippen LogP contribution < -0.4 is 0 Å². The summed E-state index contributed by atoms with van der Waals surface area (Å²) in [5.41, 5.74) is -0.767. The van der Waals surface area contributed by atoms with Gasteiger partial charge in [-0.1, -0.05) is 12.5 Å².